The van der Waals surface area contributed by atoms with Gasteiger partial charge in [-0.3, -0.25) is 4.79 Å². The number of rotatable bonds is 2. The van der Waals surface area contributed by atoms with Crippen LogP contribution in [0, 0.1) is 0 Å². The van der Waals surface area contributed by atoms with Gasteiger partial charge in [0.05, 0.1) is 12.4 Å². The van der Waals surface area contributed by atoms with Crippen LogP contribution < -0.4 is 11.1 Å². The minimum absolute atomic E-state index is 0.196. The molecule has 0 aliphatic carbocycles. The van der Waals surface area contributed by atoms with E-state index >= 15 is 0 Å². The highest BCUT2D eigenvalue weighted by Gasteiger charge is 2.22. The molecule has 1 saturated heterocycles. The van der Waals surface area contributed by atoms with Crippen molar-refractivity contribution in [3.63, 3.8) is 0 Å². The number of aromatic nitrogens is 2. The zero-order valence-corrected chi connectivity index (χ0v) is 9.18. The molecule has 3 N–H and O–H groups in total. The van der Waals surface area contributed by atoms with Gasteiger partial charge in [-0.05, 0) is 6.42 Å². The molecule has 1 aromatic rings. The average molecular weight is 221 g/mol. The molecule has 0 aromatic carbocycles. The maximum atomic E-state index is 11.3. The molecule has 16 heavy (non-hydrogen) atoms. The summed E-state index contributed by atoms with van der Waals surface area (Å²) in [6.45, 7) is 0.699. The van der Waals surface area contributed by atoms with Gasteiger partial charge in [0.15, 0.2) is 0 Å². The highest BCUT2D eigenvalue weighted by molar-refractivity contribution is 5.76. The Bertz CT molecular complexity index is 377. The SMILES string of the molecule is CN1CC(Nc2cnc(N)cn2)CCC1=O. The Hall–Kier alpha value is -1.85. The van der Waals surface area contributed by atoms with Crippen molar-refractivity contribution >= 4 is 17.5 Å². The monoisotopic (exact) mass is 221 g/mol. The predicted octanol–water partition coefficient (Wildman–Crippen LogP) is 0.0915. The zero-order valence-electron chi connectivity index (χ0n) is 9.18. The first kappa shape index (κ1) is 10.7. The standard InChI is InChI=1S/C10H15N5O/c1-15-6-7(2-3-10(15)16)14-9-5-12-8(11)4-13-9/h4-5,7H,2-3,6H2,1H3,(H2,11,12)(H,13,14). The number of piperidine rings is 1. The number of hydrogen-bond acceptors (Lipinski definition) is 5. The number of nitrogen functional groups attached to an aromatic ring is 1. The molecule has 2 heterocycles. The molecule has 0 saturated carbocycles. The molecule has 0 spiro atoms. The summed E-state index contributed by atoms with van der Waals surface area (Å²) in [4.78, 5) is 21.1. The normalized spacial score (nSPS) is 20.9. The third-order valence-corrected chi connectivity index (χ3v) is 2.65. The zero-order chi connectivity index (χ0) is 11.5. The Kier molecular flexibility index (Phi) is 2.89. The molecule has 1 atom stereocenters. The van der Waals surface area contributed by atoms with Crippen LogP contribution in [0.5, 0.6) is 0 Å². The topological polar surface area (TPSA) is 84.1 Å². The molecule has 1 aromatic heterocycles. The summed E-state index contributed by atoms with van der Waals surface area (Å²) in [6, 6.07) is 0.237. The fraction of sp³-hybridized carbons (Fsp3) is 0.500. The Balaban J connectivity index is 1.95. The van der Waals surface area contributed by atoms with E-state index in [1.54, 1.807) is 11.1 Å². The first-order valence-electron chi connectivity index (χ1n) is 5.23. The van der Waals surface area contributed by atoms with Crippen molar-refractivity contribution < 1.29 is 4.79 Å². The van der Waals surface area contributed by atoms with Crippen molar-refractivity contribution in [3.05, 3.63) is 12.4 Å². The number of nitrogens with two attached hydrogens (primary N) is 1. The van der Waals surface area contributed by atoms with E-state index in [4.69, 9.17) is 5.73 Å². The lowest BCUT2D eigenvalue weighted by Crippen LogP contribution is -2.43. The van der Waals surface area contributed by atoms with Crippen molar-refractivity contribution in [3.8, 4) is 0 Å². The molecule has 1 amide bonds. The van der Waals surface area contributed by atoms with E-state index < -0.39 is 0 Å². The number of carbonyl (C=O) groups is 1. The van der Waals surface area contributed by atoms with E-state index in [-0.39, 0.29) is 11.9 Å². The molecule has 6 nitrogen and oxygen atoms in total. The highest BCUT2D eigenvalue weighted by Crippen LogP contribution is 2.14. The summed E-state index contributed by atoms with van der Waals surface area (Å²) in [7, 11) is 1.81. The molecule has 1 fully saturated rings. The van der Waals surface area contributed by atoms with Crippen molar-refractivity contribution in [1.29, 1.82) is 0 Å². The van der Waals surface area contributed by atoms with Gasteiger partial charge in [-0.25, -0.2) is 9.97 Å². The van der Waals surface area contributed by atoms with Gasteiger partial charge >= 0.3 is 0 Å². The second kappa shape index (κ2) is 4.34. The molecule has 0 bridgehead atoms. The average Bonchev–Trinajstić information content (AvgIpc) is 2.27. The minimum Gasteiger partial charge on any atom is -0.382 e. The molecule has 86 valence electrons. The fourth-order valence-corrected chi connectivity index (χ4v) is 1.75. The highest BCUT2D eigenvalue weighted by atomic mass is 16.2. The van der Waals surface area contributed by atoms with Gasteiger partial charge in [-0.2, -0.15) is 0 Å². The number of nitrogens with zero attached hydrogens (tertiary/aromatic N) is 3. The molecule has 6 heteroatoms. The Morgan fingerprint density at radius 2 is 2.31 bits per heavy atom. The van der Waals surface area contributed by atoms with E-state index in [1.165, 1.54) is 6.20 Å². The number of nitrogens with one attached hydrogen (secondary N) is 1. The van der Waals surface area contributed by atoms with Crippen LogP contribution in [0.25, 0.3) is 0 Å². The first-order chi connectivity index (χ1) is 7.65. The van der Waals surface area contributed by atoms with Crippen molar-refractivity contribution in [1.82, 2.24) is 14.9 Å². The summed E-state index contributed by atoms with van der Waals surface area (Å²) < 4.78 is 0. The van der Waals surface area contributed by atoms with E-state index in [0.717, 1.165) is 6.42 Å². The number of likely N-dealkylation sites (N-methyl/N-ethyl adjacent to an activating group) is 1. The van der Waals surface area contributed by atoms with Crippen LogP contribution in [0.2, 0.25) is 0 Å². The molecule has 1 aliphatic rings. The lowest BCUT2D eigenvalue weighted by molar-refractivity contribution is -0.132. The van der Waals surface area contributed by atoms with Gasteiger partial charge in [0.1, 0.15) is 11.6 Å². The first-order valence-corrected chi connectivity index (χ1v) is 5.23. The van der Waals surface area contributed by atoms with Gasteiger partial charge in [0.2, 0.25) is 5.91 Å². The minimum atomic E-state index is 0.196. The number of hydrogen-bond donors (Lipinski definition) is 2. The fourth-order valence-electron chi connectivity index (χ4n) is 1.75. The second-order valence-corrected chi connectivity index (χ2v) is 3.98. The Labute approximate surface area is 93.9 Å². The molecular formula is C10H15N5O. The number of likely N-dealkylation sites (tertiary alicyclic amines) is 1. The number of amides is 1. The van der Waals surface area contributed by atoms with E-state index in [0.29, 0.717) is 24.6 Å². The lowest BCUT2D eigenvalue weighted by Gasteiger charge is -2.30. The maximum Gasteiger partial charge on any atom is 0.222 e. The number of carbonyl (C=O) groups excluding carboxylic acids is 1. The van der Waals surface area contributed by atoms with Crippen LogP contribution in [-0.2, 0) is 4.79 Å². The maximum absolute atomic E-state index is 11.3. The largest absolute Gasteiger partial charge is 0.382 e. The van der Waals surface area contributed by atoms with Crippen LogP contribution in [0.3, 0.4) is 0 Å². The second-order valence-electron chi connectivity index (χ2n) is 3.98. The van der Waals surface area contributed by atoms with Crippen LogP contribution >= 0.6 is 0 Å². The van der Waals surface area contributed by atoms with E-state index in [2.05, 4.69) is 15.3 Å². The van der Waals surface area contributed by atoms with Crippen molar-refractivity contribution in [2.75, 3.05) is 24.6 Å². The Morgan fingerprint density at radius 1 is 1.50 bits per heavy atom. The van der Waals surface area contributed by atoms with Crippen LogP contribution in [0.1, 0.15) is 12.8 Å². The summed E-state index contributed by atoms with van der Waals surface area (Å²) in [5, 5.41) is 3.24. The molecule has 0 radical (unpaired) electrons. The molecule has 1 unspecified atom stereocenters. The van der Waals surface area contributed by atoms with Gasteiger partial charge in [-0.1, -0.05) is 0 Å². The van der Waals surface area contributed by atoms with Gasteiger partial charge in [0.25, 0.3) is 0 Å². The summed E-state index contributed by atoms with van der Waals surface area (Å²) in [6.07, 6.45) is 4.53. The van der Waals surface area contributed by atoms with Gasteiger partial charge in [-0.15, -0.1) is 0 Å². The lowest BCUT2D eigenvalue weighted by atomic mass is 10.1. The van der Waals surface area contributed by atoms with E-state index in [1.807, 2.05) is 7.05 Å². The van der Waals surface area contributed by atoms with E-state index in [9.17, 15) is 4.79 Å². The smallest absolute Gasteiger partial charge is 0.222 e. The van der Waals surface area contributed by atoms with Gasteiger partial charge in [0, 0.05) is 26.1 Å². The predicted molar refractivity (Wildman–Crippen MR) is 60.7 cm³/mol. The third-order valence-electron chi connectivity index (χ3n) is 2.65. The Morgan fingerprint density at radius 3 is 2.94 bits per heavy atom. The van der Waals surface area contributed by atoms with Gasteiger partial charge < -0.3 is 16.0 Å². The third kappa shape index (κ3) is 2.39. The molecule has 1 aliphatic heterocycles. The quantitative estimate of drug-likeness (QED) is 0.739. The molecule has 2 rings (SSSR count). The summed E-state index contributed by atoms with van der Waals surface area (Å²) >= 11 is 0. The van der Waals surface area contributed by atoms with Crippen LogP contribution in [0.15, 0.2) is 12.4 Å². The summed E-state index contributed by atoms with van der Waals surface area (Å²) in [5.41, 5.74) is 5.45. The molecular weight excluding hydrogens is 206 g/mol. The van der Waals surface area contributed by atoms with Crippen molar-refractivity contribution in [2.45, 2.75) is 18.9 Å². The number of anilines is 2. The van der Waals surface area contributed by atoms with Crippen molar-refractivity contribution in [2.24, 2.45) is 0 Å². The van der Waals surface area contributed by atoms with Crippen LogP contribution in [0.4, 0.5) is 11.6 Å². The summed E-state index contributed by atoms with van der Waals surface area (Å²) in [5.74, 6) is 1.30. The van der Waals surface area contributed by atoms with Crippen LogP contribution in [-0.4, -0.2) is 40.4 Å².